The van der Waals surface area contributed by atoms with Crippen molar-refractivity contribution in [3.8, 4) is 11.1 Å². The summed E-state index contributed by atoms with van der Waals surface area (Å²) in [6, 6.07) is 15.3. The van der Waals surface area contributed by atoms with Crippen molar-refractivity contribution in [2.45, 2.75) is 43.2 Å². The first-order chi connectivity index (χ1) is 15.9. The smallest absolute Gasteiger partial charge is 0.407 e. The first-order valence-electron chi connectivity index (χ1n) is 11.1. The maximum absolute atomic E-state index is 12.8. The second-order valence-electron chi connectivity index (χ2n) is 8.53. The number of benzene rings is 2. The van der Waals surface area contributed by atoms with Crippen LogP contribution in [0.4, 0.5) is 4.79 Å². The van der Waals surface area contributed by atoms with E-state index in [1.807, 2.05) is 42.7 Å². The molecular weight excluding hydrogens is 440 g/mol. The molecule has 7 nitrogen and oxygen atoms in total. The van der Waals surface area contributed by atoms with Gasteiger partial charge in [-0.1, -0.05) is 48.5 Å². The zero-order valence-corrected chi connectivity index (χ0v) is 19.3. The van der Waals surface area contributed by atoms with Crippen molar-refractivity contribution >= 4 is 29.7 Å². The van der Waals surface area contributed by atoms with Gasteiger partial charge in [-0.15, -0.1) is 0 Å². The molecule has 0 saturated heterocycles. The first kappa shape index (κ1) is 23.2. The number of carboxylic acid groups (broad SMARTS) is 1. The van der Waals surface area contributed by atoms with E-state index in [1.165, 1.54) is 0 Å². The highest BCUT2D eigenvalue weighted by molar-refractivity contribution is 7.98. The van der Waals surface area contributed by atoms with E-state index < -0.39 is 29.6 Å². The number of carboxylic acids is 1. The van der Waals surface area contributed by atoms with Gasteiger partial charge in [-0.25, -0.2) is 9.59 Å². The molecule has 0 radical (unpaired) electrons. The number of fused-ring (bicyclic) bond motifs is 3. The van der Waals surface area contributed by atoms with Gasteiger partial charge in [0.25, 0.3) is 0 Å². The number of carbonyl (C=O) groups excluding carboxylic acids is 2. The van der Waals surface area contributed by atoms with Gasteiger partial charge in [-0.3, -0.25) is 4.79 Å². The number of nitrogens with one attached hydrogen (secondary N) is 2. The summed E-state index contributed by atoms with van der Waals surface area (Å²) in [6.07, 6.45) is 3.15. The molecule has 2 amide bonds. The number of thioether (sulfide) groups is 1. The maximum Gasteiger partial charge on any atom is 0.407 e. The molecule has 0 bridgehead atoms. The number of alkyl carbamates (subject to hydrolysis) is 1. The van der Waals surface area contributed by atoms with E-state index >= 15 is 0 Å². The summed E-state index contributed by atoms with van der Waals surface area (Å²) in [6.45, 7) is 0.149. The molecule has 1 fully saturated rings. The van der Waals surface area contributed by atoms with Gasteiger partial charge in [0.2, 0.25) is 5.91 Å². The van der Waals surface area contributed by atoms with Crippen LogP contribution in [0, 0.1) is 0 Å². The number of amides is 2. The van der Waals surface area contributed by atoms with Crippen LogP contribution in [0.25, 0.3) is 11.1 Å². The lowest BCUT2D eigenvalue weighted by molar-refractivity contribution is -0.152. The van der Waals surface area contributed by atoms with Gasteiger partial charge in [-0.2, -0.15) is 11.8 Å². The van der Waals surface area contributed by atoms with E-state index in [9.17, 15) is 19.5 Å². The van der Waals surface area contributed by atoms with Gasteiger partial charge in [0.05, 0.1) is 0 Å². The monoisotopic (exact) mass is 468 g/mol. The summed E-state index contributed by atoms with van der Waals surface area (Å²) in [5.74, 6) is -0.958. The van der Waals surface area contributed by atoms with Crippen LogP contribution in [0.3, 0.4) is 0 Å². The van der Waals surface area contributed by atoms with Crippen LogP contribution >= 0.6 is 11.8 Å². The molecule has 0 aliphatic heterocycles. The largest absolute Gasteiger partial charge is 0.480 e. The standard InChI is InChI=1S/C25H28N2O5S/c1-33-14-11-21(22(28)27-25(23(29)30)12-6-13-25)26-24(31)32-15-20-18-9-4-2-7-16(18)17-8-3-5-10-19(17)20/h2-5,7-10,20-21H,6,11-15H2,1H3,(H,26,31)(H,27,28)(H,29,30)/t21-/m0/s1. The van der Waals surface area contributed by atoms with E-state index in [2.05, 4.69) is 22.8 Å². The molecule has 0 spiro atoms. The van der Waals surface area contributed by atoms with Crippen LogP contribution < -0.4 is 10.6 Å². The molecule has 0 unspecified atom stereocenters. The third-order valence-corrected chi connectivity index (χ3v) is 7.19. The van der Waals surface area contributed by atoms with Crippen LogP contribution in [0.5, 0.6) is 0 Å². The molecule has 33 heavy (non-hydrogen) atoms. The highest BCUT2D eigenvalue weighted by atomic mass is 32.2. The summed E-state index contributed by atoms with van der Waals surface area (Å²) in [5, 5.41) is 14.8. The summed E-state index contributed by atoms with van der Waals surface area (Å²) in [7, 11) is 0. The van der Waals surface area contributed by atoms with Gasteiger partial charge in [0.1, 0.15) is 18.2 Å². The average molecular weight is 469 g/mol. The van der Waals surface area contributed by atoms with Crippen molar-refractivity contribution in [3.05, 3.63) is 59.7 Å². The number of hydrogen-bond acceptors (Lipinski definition) is 5. The van der Waals surface area contributed by atoms with E-state index in [0.29, 0.717) is 25.0 Å². The Morgan fingerprint density at radius 1 is 1.09 bits per heavy atom. The lowest BCUT2D eigenvalue weighted by Gasteiger charge is -2.39. The van der Waals surface area contributed by atoms with E-state index in [-0.39, 0.29) is 12.5 Å². The summed E-state index contributed by atoms with van der Waals surface area (Å²) >= 11 is 1.55. The van der Waals surface area contributed by atoms with Crippen molar-refractivity contribution in [2.75, 3.05) is 18.6 Å². The van der Waals surface area contributed by atoms with E-state index in [1.54, 1.807) is 11.8 Å². The second kappa shape index (κ2) is 9.87. The van der Waals surface area contributed by atoms with Gasteiger partial charge >= 0.3 is 12.1 Å². The molecule has 8 heteroatoms. The summed E-state index contributed by atoms with van der Waals surface area (Å²) < 4.78 is 5.57. The predicted molar refractivity (Wildman–Crippen MR) is 127 cm³/mol. The van der Waals surface area contributed by atoms with Crippen molar-refractivity contribution < 1.29 is 24.2 Å². The molecule has 1 atom stereocenters. The lowest BCUT2D eigenvalue weighted by atomic mass is 9.76. The van der Waals surface area contributed by atoms with Gasteiger partial charge < -0.3 is 20.5 Å². The Kier molecular flexibility index (Phi) is 6.93. The molecule has 0 heterocycles. The van der Waals surface area contributed by atoms with Crippen molar-refractivity contribution in [1.82, 2.24) is 10.6 Å². The van der Waals surface area contributed by atoms with Gasteiger partial charge in [0.15, 0.2) is 0 Å². The molecule has 2 aliphatic rings. The Hall–Kier alpha value is -3.00. The zero-order chi connectivity index (χ0) is 23.4. The molecule has 0 aromatic heterocycles. The van der Waals surface area contributed by atoms with E-state index in [0.717, 1.165) is 28.7 Å². The number of carbonyl (C=O) groups is 3. The first-order valence-corrected chi connectivity index (χ1v) is 12.5. The Bertz CT molecular complexity index is 1010. The minimum atomic E-state index is -1.22. The topological polar surface area (TPSA) is 105 Å². The Morgan fingerprint density at radius 2 is 1.70 bits per heavy atom. The Balaban J connectivity index is 1.41. The third kappa shape index (κ3) is 4.71. The SMILES string of the molecule is CSCC[C@H](NC(=O)OCC1c2ccccc2-c2ccccc21)C(=O)NC1(C(=O)O)CCC1. The highest BCUT2D eigenvalue weighted by Crippen LogP contribution is 2.44. The normalized spacial score (nSPS) is 16.6. The fraction of sp³-hybridized carbons (Fsp3) is 0.400. The third-order valence-electron chi connectivity index (χ3n) is 6.54. The van der Waals surface area contributed by atoms with Crippen LogP contribution in [0.2, 0.25) is 0 Å². The number of ether oxygens (including phenoxy) is 1. The summed E-state index contributed by atoms with van der Waals surface area (Å²) in [5.41, 5.74) is 3.27. The van der Waals surface area contributed by atoms with Crippen LogP contribution in [-0.2, 0) is 14.3 Å². The lowest BCUT2D eigenvalue weighted by Crippen LogP contribution is -2.62. The minimum Gasteiger partial charge on any atom is -0.480 e. The number of rotatable bonds is 9. The fourth-order valence-corrected chi connectivity index (χ4v) is 5.00. The van der Waals surface area contributed by atoms with Gasteiger partial charge in [0, 0.05) is 5.92 Å². The molecule has 4 rings (SSSR count). The van der Waals surface area contributed by atoms with E-state index in [4.69, 9.17) is 4.74 Å². The van der Waals surface area contributed by atoms with Crippen molar-refractivity contribution in [3.63, 3.8) is 0 Å². The molecule has 2 aromatic carbocycles. The minimum absolute atomic E-state index is 0.0770. The maximum atomic E-state index is 12.8. The molecule has 174 valence electrons. The number of aliphatic carboxylic acids is 1. The highest BCUT2D eigenvalue weighted by Gasteiger charge is 2.46. The molecule has 2 aromatic rings. The fourth-order valence-electron chi connectivity index (χ4n) is 4.53. The van der Waals surface area contributed by atoms with Crippen LogP contribution in [-0.4, -0.2) is 53.3 Å². The Morgan fingerprint density at radius 3 is 2.21 bits per heavy atom. The average Bonchev–Trinajstić information content (AvgIpc) is 3.11. The summed E-state index contributed by atoms with van der Waals surface area (Å²) in [4.78, 5) is 37.1. The predicted octanol–water partition coefficient (Wildman–Crippen LogP) is 3.77. The number of hydrogen-bond donors (Lipinski definition) is 3. The second-order valence-corrected chi connectivity index (χ2v) is 9.52. The van der Waals surface area contributed by atoms with Crippen molar-refractivity contribution in [2.24, 2.45) is 0 Å². The quantitative estimate of drug-likeness (QED) is 0.518. The molecular formula is C25H28N2O5S. The molecule has 2 aliphatic carbocycles. The van der Waals surface area contributed by atoms with Crippen LogP contribution in [0.15, 0.2) is 48.5 Å². The van der Waals surface area contributed by atoms with Crippen molar-refractivity contribution in [1.29, 1.82) is 0 Å². The Labute approximate surface area is 197 Å². The molecule has 1 saturated carbocycles. The zero-order valence-electron chi connectivity index (χ0n) is 18.5. The molecule has 3 N–H and O–H groups in total. The van der Waals surface area contributed by atoms with Gasteiger partial charge in [-0.05, 0) is 59.9 Å². The van der Waals surface area contributed by atoms with Crippen LogP contribution in [0.1, 0.15) is 42.7 Å².